The van der Waals surface area contributed by atoms with Crippen molar-refractivity contribution in [2.45, 2.75) is 27.3 Å². The molecule has 0 aromatic heterocycles. The molecule has 4 heteroatoms. The van der Waals surface area contributed by atoms with Crippen molar-refractivity contribution < 1.29 is 9.18 Å². The maximum Gasteiger partial charge on any atom is 0.224 e. The summed E-state index contributed by atoms with van der Waals surface area (Å²) >= 11 is 0. The number of amides is 1. The van der Waals surface area contributed by atoms with Crippen LogP contribution in [0.1, 0.15) is 23.6 Å². The lowest BCUT2D eigenvalue weighted by Crippen LogP contribution is -2.33. The Morgan fingerprint density at radius 2 is 2.00 bits per heavy atom. The third-order valence-electron chi connectivity index (χ3n) is 3.82. The highest BCUT2D eigenvalue weighted by atomic mass is 19.1. The first kappa shape index (κ1) is 14.0. The molecule has 1 aromatic carbocycles. The van der Waals surface area contributed by atoms with Crippen molar-refractivity contribution in [1.82, 2.24) is 10.6 Å². The Hall–Kier alpha value is -1.42. The Labute approximate surface area is 113 Å². The molecule has 3 nitrogen and oxygen atoms in total. The number of benzene rings is 1. The minimum atomic E-state index is -0.163. The Morgan fingerprint density at radius 1 is 1.37 bits per heavy atom. The second kappa shape index (κ2) is 5.70. The van der Waals surface area contributed by atoms with Gasteiger partial charge in [0.15, 0.2) is 0 Å². The van der Waals surface area contributed by atoms with Gasteiger partial charge in [-0.25, -0.2) is 4.39 Å². The Morgan fingerprint density at radius 3 is 2.53 bits per heavy atom. The molecule has 1 aromatic rings. The van der Waals surface area contributed by atoms with Crippen molar-refractivity contribution in [2.75, 3.05) is 13.1 Å². The van der Waals surface area contributed by atoms with Crippen LogP contribution in [0.5, 0.6) is 0 Å². The highest BCUT2D eigenvalue weighted by Gasteiger charge is 2.29. The van der Waals surface area contributed by atoms with E-state index >= 15 is 0 Å². The molecule has 0 unspecified atom stereocenters. The van der Waals surface area contributed by atoms with Crippen LogP contribution in [0.3, 0.4) is 0 Å². The van der Waals surface area contributed by atoms with Gasteiger partial charge in [0.25, 0.3) is 0 Å². The number of rotatable bonds is 3. The highest BCUT2D eigenvalue weighted by Crippen LogP contribution is 2.17. The van der Waals surface area contributed by atoms with Gasteiger partial charge in [0.2, 0.25) is 5.91 Å². The van der Waals surface area contributed by atoms with E-state index in [0.29, 0.717) is 23.6 Å². The van der Waals surface area contributed by atoms with Gasteiger partial charge >= 0.3 is 0 Å². The first-order chi connectivity index (χ1) is 8.99. The highest BCUT2D eigenvalue weighted by molar-refractivity contribution is 5.79. The molecule has 0 radical (unpaired) electrons. The summed E-state index contributed by atoms with van der Waals surface area (Å²) in [6.45, 7) is 7.68. The van der Waals surface area contributed by atoms with Crippen LogP contribution in [0.4, 0.5) is 4.39 Å². The summed E-state index contributed by atoms with van der Waals surface area (Å²) in [5.74, 6) is 0.333. The quantitative estimate of drug-likeness (QED) is 0.875. The van der Waals surface area contributed by atoms with Gasteiger partial charge in [-0.2, -0.15) is 0 Å². The fourth-order valence-electron chi connectivity index (χ4n) is 2.62. The van der Waals surface area contributed by atoms with Gasteiger partial charge in [-0.1, -0.05) is 19.1 Å². The molecular formula is C15H21FN2O. The lowest BCUT2D eigenvalue weighted by atomic mass is 9.97. The molecule has 1 heterocycles. The van der Waals surface area contributed by atoms with Crippen molar-refractivity contribution in [3.8, 4) is 0 Å². The summed E-state index contributed by atoms with van der Waals surface area (Å²) in [5, 5.41) is 6.16. The lowest BCUT2D eigenvalue weighted by Gasteiger charge is -2.15. The van der Waals surface area contributed by atoms with Crippen LogP contribution in [-0.2, 0) is 11.3 Å². The van der Waals surface area contributed by atoms with Gasteiger partial charge in [0, 0.05) is 13.1 Å². The van der Waals surface area contributed by atoms with E-state index in [-0.39, 0.29) is 17.6 Å². The van der Waals surface area contributed by atoms with Crippen LogP contribution >= 0.6 is 0 Å². The minimum Gasteiger partial charge on any atom is -0.352 e. The van der Waals surface area contributed by atoms with E-state index < -0.39 is 0 Å². The van der Waals surface area contributed by atoms with Crippen LogP contribution in [0.2, 0.25) is 0 Å². The summed E-state index contributed by atoms with van der Waals surface area (Å²) in [6, 6.07) is 3.58. The zero-order valence-electron chi connectivity index (χ0n) is 11.7. The second-order valence-corrected chi connectivity index (χ2v) is 5.50. The number of carbonyl (C=O) groups excluding carboxylic acids is 1. The molecule has 19 heavy (non-hydrogen) atoms. The average Bonchev–Trinajstić information content (AvgIpc) is 2.79. The Kier molecular flexibility index (Phi) is 4.20. The van der Waals surface area contributed by atoms with Gasteiger partial charge in [0.1, 0.15) is 5.82 Å². The maximum absolute atomic E-state index is 13.5. The summed E-state index contributed by atoms with van der Waals surface area (Å²) in [5.41, 5.74) is 2.20. The van der Waals surface area contributed by atoms with Crippen LogP contribution in [0.15, 0.2) is 12.1 Å². The van der Waals surface area contributed by atoms with E-state index in [1.54, 1.807) is 26.0 Å². The molecule has 104 valence electrons. The predicted octanol–water partition coefficient (Wildman–Crippen LogP) is 1.91. The molecular weight excluding hydrogens is 243 g/mol. The summed E-state index contributed by atoms with van der Waals surface area (Å²) in [6.07, 6.45) is 0. The first-order valence-corrected chi connectivity index (χ1v) is 6.73. The number of carbonyl (C=O) groups is 1. The molecule has 0 aliphatic carbocycles. The SMILES string of the molecule is Cc1cc(CNC(=O)[C@@H]2CNC[C@H]2C)cc(C)c1F. The third kappa shape index (κ3) is 3.13. The van der Waals surface area contributed by atoms with Crippen molar-refractivity contribution in [2.24, 2.45) is 11.8 Å². The van der Waals surface area contributed by atoms with Gasteiger partial charge < -0.3 is 10.6 Å². The van der Waals surface area contributed by atoms with Crippen molar-refractivity contribution in [3.63, 3.8) is 0 Å². The molecule has 1 fully saturated rings. The number of nitrogens with one attached hydrogen (secondary N) is 2. The molecule has 0 saturated carbocycles. The van der Waals surface area contributed by atoms with Crippen LogP contribution in [0.25, 0.3) is 0 Å². The van der Waals surface area contributed by atoms with Gasteiger partial charge in [-0.3, -0.25) is 4.79 Å². The molecule has 2 atom stereocenters. The summed E-state index contributed by atoms with van der Waals surface area (Å²) in [7, 11) is 0. The lowest BCUT2D eigenvalue weighted by molar-refractivity contribution is -0.125. The second-order valence-electron chi connectivity index (χ2n) is 5.50. The Balaban J connectivity index is 1.97. The third-order valence-corrected chi connectivity index (χ3v) is 3.82. The van der Waals surface area contributed by atoms with Crippen molar-refractivity contribution >= 4 is 5.91 Å². The summed E-state index contributed by atoms with van der Waals surface area (Å²) in [4.78, 5) is 12.0. The van der Waals surface area contributed by atoms with Crippen LogP contribution < -0.4 is 10.6 Å². The van der Waals surface area contributed by atoms with E-state index in [1.165, 1.54) is 0 Å². The van der Waals surface area contributed by atoms with Crippen molar-refractivity contribution in [3.05, 3.63) is 34.6 Å². The summed E-state index contributed by atoms with van der Waals surface area (Å²) < 4.78 is 13.5. The molecule has 1 aliphatic heterocycles. The molecule has 0 spiro atoms. The molecule has 1 amide bonds. The largest absolute Gasteiger partial charge is 0.352 e. The molecule has 0 bridgehead atoms. The average molecular weight is 264 g/mol. The van der Waals surface area contributed by atoms with Gasteiger partial charge in [0.05, 0.1) is 5.92 Å². The zero-order chi connectivity index (χ0) is 14.0. The zero-order valence-corrected chi connectivity index (χ0v) is 11.7. The Bertz CT molecular complexity index is 464. The fourth-order valence-corrected chi connectivity index (χ4v) is 2.62. The predicted molar refractivity (Wildman–Crippen MR) is 73.2 cm³/mol. The molecule has 2 rings (SSSR count). The van der Waals surface area contributed by atoms with E-state index in [4.69, 9.17) is 0 Å². The van der Waals surface area contributed by atoms with Gasteiger partial charge in [-0.05, 0) is 43.0 Å². The number of halogens is 1. The normalized spacial score (nSPS) is 22.5. The molecule has 1 saturated heterocycles. The first-order valence-electron chi connectivity index (χ1n) is 6.73. The minimum absolute atomic E-state index is 0.0441. The fraction of sp³-hybridized carbons (Fsp3) is 0.533. The number of hydrogen-bond acceptors (Lipinski definition) is 2. The van der Waals surface area contributed by atoms with Crippen molar-refractivity contribution in [1.29, 1.82) is 0 Å². The standard InChI is InChI=1S/C15H21FN2O/c1-9-4-12(5-10(2)14(9)16)7-18-15(19)13-8-17-6-11(13)3/h4-5,11,13,17H,6-8H2,1-3H3,(H,18,19)/t11-,13-/m1/s1. The van der Waals surface area contributed by atoms with E-state index in [2.05, 4.69) is 17.6 Å². The van der Waals surface area contributed by atoms with E-state index in [0.717, 1.165) is 18.7 Å². The number of hydrogen-bond donors (Lipinski definition) is 2. The molecule has 2 N–H and O–H groups in total. The molecule has 1 aliphatic rings. The monoisotopic (exact) mass is 264 g/mol. The smallest absolute Gasteiger partial charge is 0.224 e. The van der Waals surface area contributed by atoms with Gasteiger partial charge in [-0.15, -0.1) is 0 Å². The van der Waals surface area contributed by atoms with Crippen LogP contribution in [0, 0.1) is 31.5 Å². The van der Waals surface area contributed by atoms with Crippen LogP contribution in [-0.4, -0.2) is 19.0 Å². The van der Waals surface area contributed by atoms with E-state index in [9.17, 15) is 9.18 Å². The topological polar surface area (TPSA) is 41.1 Å². The maximum atomic E-state index is 13.5. The number of aryl methyl sites for hydroxylation is 2. The van der Waals surface area contributed by atoms with E-state index in [1.807, 2.05) is 0 Å².